The molecular formula is C25H46NO5P. The van der Waals surface area contributed by atoms with Crippen molar-refractivity contribution in [3.05, 3.63) is 0 Å². The van der Waals surface area contributed by atoms with E-state index in [-0.39, 0.29) is 29.7 Å². The maximum atomic E-state index is 12.9. The number of hydrogen-bond donors (Lipinski definition) is 1. The molecule has 0 saturated carbocycles. The molecule has 0 radical (unpaired) electrons. The maximum absolute atomic E-state index is 12.9. The molecule has 1 aliphatic rings. The molecule has 186 valence electrons. The van der Waals surface area contributed by atoms with Gasteiger partial charge in [0.25, 0.3) is 0 Å². The summed E-state index contributed by atoms with van der Waals surface area (Å²) in [5.41, 5.74) is -0.853. The second kappa shape index (κ2) is 12.9. The van der Waals surface area contributed by atoms with Crippen LogP contribution in [0, 0.1) is 10.8 Å². The zero-order valence-corrected chi connectivity index (χ0v) is 22.2. The van der Waals surface area contributed by atoms with Crippen LogP contribution in [-0.2, 0) is 23.6 Å². The molecule has 32 heavy (non-hydrogen) atoms. The van der Waals surface area contributed by atoms with Crippen molar-refractivity contribution in [2.45, 2.75) is 99.0 Å². The Bertz CT molecular complexity index is 680. The Morgan fingerprint density at radius 3 is 2.41 bits per heavy atom. The Balaban J connectivity index is 2.49. The van der Waals surface area contributed by atoms with Gasteiger partial charge in [0.15, 0.2) is 0 Å². The molecule has 6 nitrogen and oxygen atoms in total. The van der Waals surface area contributed by atoms with Crippen LogP contribution in [0.15, 0.2) is 0 Å². The van der Waals surface area contributed by atoms with Crippen LogP contribution in [0.1, 0.15) is 92.9 Å². The number of Topliss-reactive ketones (excluding diaryl/α,β-unsaturated/α-hetero) is 1. The molecule has 0 aromatic carbocycles. The molecule has 0 aliphatic carbocycles. The van der Waals surface area contributed by atoms with E-state index in [0.29, 0.717) is 25.5 Å². The summed E-state index contributed by atoms with van der Waals surface area (Å²) in [5, 5.41) is 2.90. The average Bonchev–Trinajstić information content (AvgIpc) is 2.69. The van der Waals surface area contributed by atoms with Crippen LogP contribution in [0.4, 0.5) is 0 Å². The zero-order valence-electron chi connectivity index (χ0n) is 21.3. The Labute approximate surface area is 195 Å². The van der Waals surface area contributed by atoms with Gasteiger partial charge in [-0.3, -0.25) is 14.4 Å². The first-order valence-electron chi connectivity index (χ1n) is 12.2. The fraction of sp³-hybridized carbons (Fsp3) is 0.840. The van der Waals surface area contributed by atoms with Crippen molar-refractivity contribution in [1.29, 1.82) is 0 Å². The van der Waals surface area contributed by atoms with Gasteiger partial charge in [-0.05, 0) is 39.8 Å². The average molecular weight is 472 g/mol. The normalized spacial score (nSPS) is 22.9. The van der Waals surface area contributed by atoms with Gasteiger partial charge in [-0.2, -0.15) is 0 Å². The number of hydrogen-bond acceptors (Lipinski definition) is 5. The Hall–Kier alpha value is -1.13. The molecule has 7 heteroatoms. The molecule has 0 aromatic rings. The number of esters is 1. The number of ketones is 1. The molecule has 0 bridgehead atoms. The lowest BCUT2D eigenvalue weighted by Gasteiger charge is -2.44. The molecule has 0 spiro atoms. The van der Waals surface area contributed by atoms with Crippen LogP contribution < -0.4 is 5.32 Å². The minimum atomic E-state index is -2.09. The van der Waals surface area contributed by atoms with Crippen molar-refractivity contribution in [3.8, 4) is 0 Å². The molecule has 2 atom stereocenters. The summed E-state index contributed by atoms with van der Waals surface area (Å²) in [6, 6.07) is 0. The minimum Gasteiger partial charge on any atom is -0.465 e. The highest BCUT2D eigenvalue weighted by Crippen LogP contribution is 2.56. The quantitative estimate of drug-likeness (QED) is 0.227. The summed E-state index contributed by atoms with van der Waals surface area (Å²) in [5.74, 6) is -0.221. The number of carbonyl (C=O) groups is 3. The number of amides is 1. The first-order valence-corrected chi connectivity index (χ1v) is 14.4. The lowest BCUT2D eigenvalue weighted by Crippen LogP contribution is -2.48. The SMILES string of the molecule is C=P1(CCOC(=O)C(C)(C)C)CCC(C)(C)[C@H](C(=O)NCCC(=O)CCCCCCC)O1. The van der Waals surface area contributed by atoms with Gasteiger partial charge in [0, 0.05) is 38.1 Å². The second-order valence-electron chi connectivity index (χ2n) is 10.9. The topological polar surface area (TPSA) is 81.7 Å². The molecule has 0 aromatic heterocycles. The summed E-state index contributed by atoms with van der Waals surface area (Å²) in [6.45, 7) is 12.3. The van der Waals surface area contributed by atoms with E-state index < -0.39 is 18.6 Å². The smallest absolute Gasteiger partial charge is 0.311 e. The van der Waals surface area contributed by atoms with Crippen molar-refractivity contribution in [3.63, 3.8) is 0 Å². The van der Waals surface area contributed by atoms with E-state index in [4.69, 9.17) is 9.26 Å². The van der Waals surface area contributed by atoms with Crippen molar-refractivity contribution >= 4 is 31.1 Å². The Kier molecular flexibility index (Phi) is 11.7. The fourth-order valence-corrected chi connectivity index (χ4v) is 6.27. The van der Waals surface area contributed by atoms with Crippen molar-refractivity contribution in [2.75, 3.05) is 25.5 Å². The first-order chi connectivity index (χ1) is 14.8. The molecule has 1 amide bonds. The van der Waals surface area contributed by atoms with Crippen molar-refractivity contribution in [2.24, 2.45) is 10.8 Å². The van der Waals surface area contributed by atoms with E-state index in [2.05, 4.69) is 18.5 Å². The third-order valence-corrected chi connectivity index (χ3v) is 8.74. The minimum absolute atomic E-state index is 0.176. The number of rotatable bonds is 13. The molecule has 1 rings (SSSR count). The van der Waals surface area contributed by atoms with Crippen molar-refractivity contribution < 1.29 is 23.6 Å². The van der Waals surface area contributed by atoms with E-state index in [0.717, 1.165) is 25.4 Å². The summed E-state index contributed by atoms with van der Waals surface area (Å²) in [6.07, 6.45) is 12.4. The summed E-state index contributed by atoms with van der Waals surface area (Å²) in [4.78, 5) is 37.0. The highest BCUT2D eigenvalue weighted by Gasteiger charge is 2.43. The third kappa shape index (κ3) is 10.2. The van der Waals surface area contributed by atoms with Crippen LogP contribution in [0.5, 0.6) is 0 Å². The van der Waals surface area contributed by atoms with Gasteiger partial charge in [-0.15, -0.1) is 0 Å². The number of nitrogens with one attached hydrogen (secondary N) is 1. The highest BCUT2D eigenvalue weighted by atomic mass is 31.2. The van der Waals surface area contributed by atoms with E-state index in [1.165, 1.54) is 19.3 Å². The van der Waals surface area contributed by atoms with Gasteiger partial charge in [0.05, 0.1) is 12.0 Å². The molecule has 1 fully saturated rings. The molecule has 1 saturated heterocycles. The second-order valence-corrected chi connectivity index (χ2v) is 14.1. The lowest BCUT2D eigenvalue weighted by molar-refractivity contribution is -0.152. The zero-order chi connectivity index (χ0) is 24.4. The van der Waals surface area contributed by atoms with E-state index in [9.17, 15) is 14.4 Å². The van der Waals surface area contributed by atoms with E-state index in [1.54, 1.807) is 0 Å². The number of carbonyl (C=O) groups excluding carboxylic acids is 3. The maximum Gasteiger partial charge on any atom is 0.311 e. The molecular weight excluding hydrogens is 425 g/mol. The van der Waals surface area contributed by atoms with Crippen LogP contribution in [-0.4, -0.2) is 55.5 Å². The number of unbranched alkanes of at least 4 members (excludes halogenated alkanes) is 4. The monoisotopic (exact) mass is 471 g/mol. The van der Waals surface area contributed by atoms with Gasteiger partial charge < -0.3 is 14.6 Å². The highest BCUT2D eigenvalue weighted by molar-refractivity contribution is 7.69. The largest absolute Gasteiger partial charge is 0.465 e. The first kappa shape index (κ1) is 28.9. The third-order valence-electron chi connectivity index (χ3n) is 6.05. The van der Waals surface area contributed by atoms with Gasteiger partial charge in [0.1, 0.15) is 11.9 Å². The van der Waals surface area contributed by atoms with Crippen LogP contribution >= 0.6 is 7.11 Å². The molecule has 1 N–H and O–H groups in total. The molecule has 1 heterocycles. The predicted octanol–water partition coefficient (Wildman–Crippen LogP) is 5.19. The van der Waals surface area contributed by atoms with Gasteiger partial charge in [-0.25, -0.2) is 0 Å². The summed E-state index contributed by atoms with van der Waals surface area (Å²) >= 11 is 0. The Morgan fingerprint density at radius 2 is 1.78 bits per heavy atom. The Morgan fingerprint density at radius 1 is 1.12 bits per heavy atom. The predicted molar refractivity (Wildman–Crippen MR) is 133 cm³/mol. The van der Waals surface area contributed by atoms with Gasteiger partial charge in [-0.1, -0.05) is 52.8 Å². The standard InChI is InChI=1S/C25H46NO5P/c1-8-9-10-11-12-13-20(27)14-16-26-22(28)21-25(5,6)15-18-32(7,31-21)19-17-30-23(29)24(2,3)4/h21H,7-19H2,1-6H3,(H,26,28)/t21-,32?/m0/s1. The van der Waals surface area contributed by atoms with Gasteiger partial charge in [0.2, 0.25) is 5.91 Å². The van der Waals surface area contributed by atoms with Crippen LogP contribution in [0.3, 0.4) is 0 Å². The molecule has 1 unspecified atom stereocenters. The summed E-state index contributed by atoms with van der Waals surface area (Å²) in [7, 11) is -2.09. The van der Waals surface area contributed by atoms with E-state index >= 15 is 0 Å². The van der Waals surface area contributed by atoms with E-state index in [1.807, 2.05) is 34.6 Å². The lowest BCUT2D eigenvalue weighted by atomic mass is 9.83. The van der Waals surface area contributed by atoms with Gasteiger partial charge >= 0.3 is 5.97 Å². The van der Waals surface area contributed by atoms with Crippen LogP contribution in [0.2, 0.25) is 0 Å². The summed E-state index contributed by atoms with van der Waals surface area (Å²) < 4.78 is 11.7. The fourth-order valence-electron chi connectivity index (χ4n) is 3.60. The van der Waals surface area contributed by atoms with Crippen molar-refractivity contribution in [1.82, 2.24) is 5.32 Å². The molecule has 1 aliphatic heterocycles. The van der Waals surface area contributed by atoms with Crippen LogP contribution in [0.25, 0.3) is 0 Å². The number of ether oxygens (including phenoxy) is 1.